The van der Waals surface area contributed by atoms with E-state index in [2.05, 4.69) is 54.6 Å². The highest BCUT2D eigenvalue weighted by molar-refractivity contribution is 6.23. The second-order valence-electron chi connectivity index (χ2n) is 5.69. The van der Waals surface area contributed by atoms with Crippen molar-refractivity contribution in [2.75, 3.05) is 6.54 Å². The van der Waals surface area contributed by atoms with E-state index in [1.165, 1.54) is 37.9 Å². The van der Waals surface area contributed by atoms with Gasteiger partial charge in [-0.3, -0.25) is 0 Å². The Hall–Kier alpha value is -1.87. The summed E-state index contributed by atoms with van der Waals surface area (Å²) in [4.78, 5) is 0. The number of hydrogen-bond acceptors (Lipinski definition) is 2. The lowest BCUT2D eigenvalue weighted by atomic mass is 9.89. The fourth-order valence-corrected chi connectivity index (χ4v) is 3.42. The first kappa shape index (κ1) is 15.0. The van der Waals surface area contributed by atoms with Crippen molar-refractivity contribution in [2.45, 2.75) is 12.5 Å². The minimum Gasteiger partial charge on any atom is -0.330 e. The monoisotopic (exact) mass is 310 g/mol. The van der Waals surface area contributed by atoms with Gasteiger partial charge in [-0.2, -0.15) is 0 Å². The van der Waals surface area contributed by atoms with Crippen LogP contribution in [-0.2, 0) is 0 Å². The van der Waals surface area contributed by atoms with Gasteiger partial charge in [-0.1, -0.05) is 54.6 Å². The van der Waals surface area contributed by atoms with Gasteiger partial charge in [0.25, 0.3) is 0 Å². The molecule has 112 valence electrons. The van der Waals surface area contributed by atoms with E-state index in [0.29, 0.717) is 6.54 Å². The van der Waals surface area contributed by atoms with Crippen LogP contribution in [-0.4, -0.2) is 6.54 Å². The van der Waals surface area contributed by atoms with Crippen LogP contribution >= 0.6 is 12.4 Å². The maximum atomic E-state index is 6.32. The molecule has 22 heavy (non-hydrogen) atoms. The minimum absolute atomic E-state index is 0. The Labute approximate surface area is 135 Å². The number of halogens is 1. The summed E-state index contributed by atoms with van der Waals surface area (Å²) in [7, 11) is 0. The average molecular weight is 311 g/mol. The highest BCUT2D eigenvalue weighted by Gasteiger charge is 2.13. The lowest BCUT2D eigenvalue weighted by Crippen LogP contribution is -2.15. The zero-order chi connectivity index (χ0) is 14.4. The van der Waals surface area contributed by atoms with E-state index in [0.717, 1.165) is 6.42 Å². The Kier molecular flexibility index (Phi) is 3.92. The molecule has 0 fully saturated rings. The van der Waals surface area contributed by atoms with Crippen LogP contribution in [0.1, 0.15) is 18.0 Å². The van der Waals surface area contributed by atoms with E-state index in [-0.39, 0.29) is 18.4 Å². The van der Waals surface area contributed by atoms with E-state index < -0.39 is 0 Å². The van der Waals surface area contributed by atoms with Gasteiger partial charge in [-0.25, -0.2) is 0 Å². The summed E-state index contributed by atoms with van der Waals surface area (Å²) < 4.78 is 0. The maximum Gasteiger partial charge on any atom is 0.0313 e. The first-order chi connectivity index (χ1) is 10.3. The Morgan fingerprint density at radius 2 is 1.36 bits per heavy atom. The number of rotatable bonds is 3. The predicted octanol–water partition coefficient (Wildman–Crippen LogP) is 4.35. The summed E-state index contributed by atoms with van der Waals surface area (Å²) in [6.07, 6.45) is 0.809. The van der Waals surface area contributed by atoms with Crippen molar-refractivity contribution in [1.82, 2.24) is 0 Å². The zero-order valence-corrected chi connectivity index (χ0v) is 13.1. The molecular formula is C19H19ClN2. The largest absolute Gasteiger partial charge is 0.330 e. The molecule has 0 saturated carbocycles. The topological polar surface area (TPSA) is 52.0 Å². The van der Waals surface area contributed by atoms with Crippen LogP contribution in [0.5, 0.6) is 0 Å². The molecule has 0 bridgehead atoms. The zero-order valence-electron chi connectivity index (χ0n) is 12.3. The third-order valence-corrected chi connectivity index (χ3v) is 4.44. The van der Waals surface area contributed by atoms with Crippen molar-refractivity contribution in [2.24, 2.45) is 11.5 Å². The summed E-state index contributed by atoms with van der Waals surface area (Å²) in [5.74, 6) is 0. The molecule has 4 aromatic carbocycles. The molecule has 4 rings (SSSR count). The molecule has 0 unspecified atom stereocenters. The van der Waals surface area contributed by atoms with Gasteiger partial charge in [0, 0.05) is 6.04 Å². The van der Waals surface area contributed by atoms with Crippen LogP contribution in [0.25, 0.3) is 32.3 Å². The van der Waals surface area contributed by atoms with Crippen molar-refractivity contribution < 1.29 is 0 Å². The lowest BCUT2D eigenvalue weighted by molar-refractivity contribution is 0.666. The average Bonchev–Trinajstić information content (AvgIpc) is 2.52. The van der Waals surface area contributed by atoms with Gasteiger partial charge in [0.15, 0.2) is 0 Å². The van der Waals surface area contributed by atoms with Crippen LogP contribution < -0.4 is 11.5 Å². The predicted molar refractivity (Wildman–Crippen MR) is 98.0 cm³/mol. The molecule has 0 amide bonds. The Balaban J connectivity index is 0.00000144. The third kappa shape index (κ3) is 2.12. The molecule has 1 atom stereocenters. The van der Waals surface area contributed by atoms with Crippen molar-refractivity contribution in [3.8, 4) is 0 Å². The smallest absolute Gasteiger partial charge is 0.0313 e. The van der Waals surface area contributed by atoms with Gasteiger partial charge < -0.3 is 11.5 Å². The molecule has 0 spiro atoms. The van der Waals surface area contributed by atoms with E-state index >= 15 is 0 Å². The first-order valence-corrected chi connectivity index (χ1v) is 7.41. The maximum absolute atomic E-state index is 6.32. The van der Waals surface area contributed by atoms with Gasteiger partial charge >= 0.3 is 0 Å². The van der Waals surface area contributed by atoms with Crippen molar-refractivity contribution in [1.29, 1.82) is 0 Å². The normalized spacial score (nSPS) is 12.8. The highest BCUT2D eigenvalue weighted by Crippen LogP contribution is 2.37. The molecule has 2 nitrogen and oxygen atoms in total. The quantitative estimate of drug-likeness (QED) is 0.553. The van der Waals surface area contributed by atoms with Gasteiger partial charge in [0.1, 0.15) is 0 Å². The standard InChI is InChI=1S/C19H18N2.ClH/c20-11-10-17(21)15-8-6-14-5-4-12-2-1-3-13-7-9-16(15)19(14)18(12)13;/h1-9,17H,10-11,20-21H2;1H/t17-;/m0./s1. The number of benzene rings is 4. The molecule has 0 aliphatic rings. The fourth-order valence-electron chi connectivity index (χ4n) is 3.42. The fraction of sp³-hybridized carbons (Fsp3) is 0.158. The van der Waals surface area contributed by atoms with Crippen molar-refractivity contribution in [3.63, 3.8) is 0 Å². The number of hydrogen-bond donors (Lipinski definition) is 2. The molecule has 0 radical (unpaired) electrons. The van der Waals surface area contributed by atoms with Gasteiger partial charge in [-0.05, 0) is 50.8 Å². The second-order valence-corrected chi connectivity index (χ2v) is 5.69. The van der Waals surface area contributed by atoms with Crippen LogP contribution in [0.2, 0.25) is 0 Å². The summed E-state index contributed by atoms with van der Waals surface area (Å²) in [5.41, 5.74) is 13.2. The third-order valence-electron chi connectivity index (χ3n) is 4.44. The second kappa shape index (κ2) is 5.73. The molecule has 0 heterocycles. The van der Waals surface area contributed by atoms with Crippen LogP contribution in [0.4, 0.5) is 0 Å². The summed E-state index contributed by atoms with van der Waals surface area (Å²) in [6.45, 7) is 0.614. The molecule has 0 aliphatic carbocycles. The summed E-state index contributed by atoms with van der Waals surface area (Å²) in [5, 5.41) is 7.78. The molecule has 3 heteroatoms. The first-order valence-electron chi connectivity index (χ1n) is 7.41. The van der Waals surface area contributed by atoms with Crippen LogP contribution in [0, 0.1) is 0 Å². The lowest BCUT2D eigenvalue weighted by Gasteiger charge is -2.17. The molecule has 0 saturated heterocycles. The van der Waals surface area contributed by atoms with Crippen molar-refractivity contribution in [3.05, 3.63) is 60.2 Å². The van der Waals surface area contributed by atoms with E-state index in [4.69, 9.17) is 11.5 Å². The molecular weight excluding hydrogens is 292 g/mol. The van der Waals surface area contributed by atoms with Gasteiger partial charge in [-0.15, -0.1) is 12.4 Å². The van der Waals surface area contributed by atoms with Crippen LogP contribution in [0.15, 0.2) is 54.6 Å². The molecule has 4 aromatic rings. The minimum atomic E-state index is -0.000400. The summed E-state index contributed by atoms with van der Waals surface area (Å²) in [6, 6.07) is 19.6. The molecule has 0 aromatic heterocycles. The van der Waals surface area contributed by atoms with Gasteiger partial charge in [0.05, 0.1) is 0 Å². The number of nitrogens with two attached hydrogens (primary N) is 2. The molecule has 4 N–H and O–H groups in total. The Bertz CT molecular complexity index is 917. The summed E-state index contributed by atoms with van der Waals surface area (Å²) >= 11 is 0. The Morgan fingerprint density at radius 3 is 2.05 bits per heavy atom. The van der Waals surface area contributed by atoms with E-state index in [1.807, 2.05) is 0 Å². The van der Waals surface area contributed by atoms with E-state index in [9.17, 15) is 0 Å². The van der Waals surface area contributed by atoms with Crippen LogP contribution in [0.3, 0.4) is 0 Å². The van der Waals surface area contributed by atoms with Gasteiger partial charge in [0.2, 0.25) is 0 Å². The highest BCUT2D eigenvalue weighted by atomic mass is 35.5. The molecule has 0 aliphatic heterocycles. The Morgan fingerprint density at radius 1 is 0.773 bits per heavy atom. The van der Waals surface area contributed by atoms with Crippen molar-refractivity contribution >= 4 is 44.7 Å². The van der Waals surface area contributed by atoms with E-state index in [1.54, 1.807) is 0 Å². The SMILES string of the molecule is Cl.NCC[C@H](N)c1ccc2ccc3cccc4ccc1c2c34.